The Morgan fingerprint density at radius 1 is 1.55 bits per heavy atom. The van der Waals surface area contributed by atoms with Gasteiger partial charge in [-0.05, 0) is 12.1 Å². The van der Waals surface area contributed by atoms with Crippen LogP contribution in [0.4, 0.5) is 14.5 Å². The number of hydrogen-bond donors (Lipinski definition) is 2. The Hall–Kier alpha value is -2.04. The molecule has 0 aliphatic carbocycles. The van der Waals surface area contributed by atoms with Crippen molar-refractivity contribution in [2.75, 3.05) is 31.5 Å². The first-order chi connectivity index (χ1) is 9.60. The zero-order chi connectivity index (χ0) is 14.5. The van der Waals surface area contributed by atoms with Crippen molar-refractivity contribution in [1.82, 2.24) is 10.2 Å². The highest BCUT2D eigenvalue weighted by Gasteiger charge is 2.23. The van der Waals surface area contributed by atoms with Crippen LogP contribution in [0.25, 0.3) is 0 Å². The zero-order valence-corrected chi connectivity index (χ0v) is 10.7. The van der Waals surface area contributed by atoms with Gasteiger partial charge in [0, 0.05) is 25.7 Å². The van der Waals surface area contributed by atoms with Gasteiger partial charge in [-0.25, -0.2) is 8.78 Å². The maximum atomic E-state index is 13.4. The van der Waals surface area contributed by atoms with Crippen LogP contribution < -0.4 is 10.6 Å². The van der Waals surface area contributed by atoms with Crippen LogP contribution in [0.3, 0.4) is 0 Å². The first-order valence-electron chi connectivity index (χ1n) is 6.19. The molecule has 2 N–H and O–H groups in total. The Balaban J connectivity index is 1.98. The van der Waals surface area contributed by atoms with Crippen molar-refractivity contribution in [3.63, 3.8) is 0 Å². The summed E-state index contributed by atoms with van der Waals surface area (Å²) in [6.45, 7) is 1.69. The standard InChI is InChI=1S/C13H14F2N4O/c14-9-1-2-11(15)12(5-9)18-13(20)8-19-4-3-17-7-10(19)6-16/h1-2,5,10,17H,3-4,7-8H2,(H,18,20). The average molecular weight is 280 g/mol. The maximum Gasteiger partial charge on any atom is 0.238 e. The van der Waals surface area contributed by atoms with E-state index in [0.717, 1.165) is 18.2 Å². The summed E-state index contributed by atoms with van der Waals surface area (Å²) in [4.78, 5) is 13.5. The first-order valence-corrected chi connectivity index (χ1v) is 6.19. The highest BCUT2D eigenvalue weighted by molar-refractivity contribution is 5.92. The van der Waals surface area contributed by atoms with E-state index in [4.69, 9.17) is 5.26 Å². The van der Waals surface area contributed by atoms with E-state index in [1.54, 1.807) is 4.90 Å². The van der Waals surface area contributed by atoms with Crippen LogP contribution in [0.5, 0.6) is 0 Å². The lowest BCUT2D eigenvalue weighted by atomic mass is 10.2. The van der Waals surface area contributed by atoms with E-state index in [9.17, 15) is 13.6 Å². The Bertz CT molecular complexity index is 544. The molecule has 1 aromatic carbocycles. The summed E-state index contributed by atoms with van der Waals surface area (Å²) in [6, 6.07) is 4.55. The molecule has 1 fully saturated rings. The summed E-state index contributed by atoms with van der Waals surface area (Å²) in [6.07, 6.45) is 0. The normalized spacial score (nSPS) is 19.4. The third-order valence-electron chi connectivity index (χ3n) is 3.05. The van der Waals surface area contributed by atoms with E-state index in [1.165, 1.54) is 0 Å². The first kappa shape index (κ1) is 14.4. The van der Waals surface area contributed by atoms with E-state index in [2.05, 4.69) is 16.7 Å². The number of hydrogen-bond acceptors (Lipinski definition) is 4. The number of nitrogens with zero attached hydrogens (tertiary/aromatic N) is 2. The number of nitriles is 1. The van der Waals surface area contributed by atoms with Gasteiger partial charge < -0.3 is 10.6 Å². The Labute approximate surface area is 115 Å². The molecular weight excluding hydrogens is 266 g/mol. The monoisotopic (exact) mass is 280 g/mol. The van der Waals surface area contributed by atoms with E-state index in [0.29, 0.717) is 19.6 Å². The molecule has 20 heavy (non-hydrogen) atoms. The summed E-state index contributed by atoms with van der Waals surface area (Å²) in [7, 11) is 0. The van der Waals surface area contributed by atoms with E-state index in [-0.39, 0.29) is 12.2 Å². The molecule has 1 aliphatic heterocycles. The molecule has 7 heteroatoms. The van der Waals surface area contributed by atoms with Crippen LogP contribution in [-0.4, -0.2) is 43.0 Å². The van der Waals surface area contributed by atoms with Gasteiger partial charge in [0.2, 0.25) is 5.91 Å². The molecule has 1 atom stereocenters. The number of halogens is 2. The molecule has 0 spiro atoms. The minimum absolute atomic E-state index is 0.0319. The molecule has 5 nitrogen and oxygen atoms in total. The van der Waals surface area contributed by atoms with Crippen LogP contribution in [0.2, 0.25) is 0 Å². The Morgan fingerprint density at radius 2 is 2.35 bits per heavy atom. The number of anilines is 1. The highest BCUT2D eigenvalue weighted by Crippen LogP contribution is 2.15. The molecule has 1 amide bonds. The van der Waals surface area contributed by atoms with Gasteiger partial charge in [-0.1, -0.05) is 0 Å². The predicted octanol–water partition coefficient (Wildman–Crippen LogP) is 0.701. The lowest BCUT2D eigenvalue weighted by Gasteiger charge is -2.31. The highest BCUT2D eigenvalue weighted by atomic mass is 19.1. The summed E-state index contributed by atoms with van der Waals surface area (Å²) < 4.78 is 26.4. The molecule has 1 heterocycles. The Morgan fingerprint density at radius 3 is 3.10 bits per heavy atom. The fourth-order valence-corrected chi connectivity index (χ4v) is 2.03. The van der Waals surface area contributed by atoms with Gasteiger partial charge in [0.1, 0.15) is 17.7 Å². The molecule has 1 saturated heterocycles. The molecule has 0 bridgehead atoms. The summed E-state index contributed by atoms with van der Waals surface area (Å²) in [5.41, 5.74) is -0.196. The van der Waals surface area contributed by atoms with Crippen LogP contribution >= 0.6 is 0 Å². The van der Waals surface area contributed by atoms with Crippen LogP contribution in [-0.2, 0) is 4.79 Å². The predicted molar refractivity (Wildman–Crippen MR) is 68.8 cm³/mol. The quantitative estimate of drug-likeness (QED) is 0.855. The number of carbonyl (C=O) groups excluding carboxylic acids is 1. The van der Waals surface area contributed by atoms with Gasteiger partial charge in [-0.2, -0.15) is 5.26 Å². The maximum absolute atomic E-state index is 13.4. The molecule has 1 aliphatic rings. The molecule has 0 aromatic heterocycles. The molecule has 1 unspecified atom stereocenters. The van der Waals surface area contributed by atoms with Gasteiger partial charge in [0.15, 0.2) is 0 Å². The summed E-state index contributed by atoms with van der Waals surface area (Å²) >= 11 is 0. The summed E-state index contributed by atoms with van der Waals surface area (Å²) in [5.74, 6) is -1.80. The minimum Gasteiger partial charge on any atom is -0.322 e. The number of rotatable bonds is 3. The van der Waals surface area contributed by atoms with Crippen molar-refractivity contribution in [1.29, 1.82) is 5.26 Å². The van der Waals surface area contributed by atoms with Crippen LogP contribution in [0, 0.1) is 23.0 Å². The van der Waals surface area contributed by atoms with Gasteiger partial charge in [0.05, 0.1) is 18.3 Å². The number of nitrogens with one attached hydrogen (secondary N) is 2. The Kier molecular flexibility index (Phi) is 4.61. The molecule has 2 rings (SSSR count). The minimum atomic E-state index is -0.697. The second kappa shape index (κ2) is 6.41. The van der Waals surface area contributed by atoms with Crippen molar-refractivity contribution in [3.8, 4) is 6.07 Å². The van der Waals surface area contributed by atoms with E-state index >= 15 is 0 Å². The molecule has 0 saturated carbocycles. The zero-order valence-electron chi connectivity index (χ0n) is 10.7. The average Bonchev–Trinajstić information content (AvgIpc) is 2.43. The van der Waals surface area contributed by atoms with Crippen molar-refractivity contribution in [3.05, 3.63) is 29.8 Å². The van der Waals surface area contributed by atoms with E-state index in [1.807, 2.05) is 0 Å². The SMILES string of the molecule is N#CC1CNCCN1CC(=O)Nc1cc(F)ccc1F. The fraction of sp³-hybridized carbons (Fsp3) is 0.385. The molecule has 0 radical (unpaired) electrons. The van der Waals surface area contributed by atoms with Crippen molar-refractivity contribution < 1.29 is 13.6 Å². The fourth-order valence-electron chi connectivity index (χ4n) is 2.03. The second-order valence-electron chi connectivity index (χ2n) is 4.49. The van der Waals surface area contributed by atoms with Gasteiger partial charge in [0.25, 0.3) is 0 Å². The van der Waals surface area contributed by atoms with Crippen LogP contribution in [0.15, 0.2) is 18.2 Å². The largest absolute Gasteiger partial charge is 0.322 e. The van der Waals surface area contributed by atoms with Gasteiger partial charge >= 0.3 is 0 Å². The van der Waals surface area contributed by atoms with Gasteiger partial charge in [-0.3, -0.25) is 9.69 Å². The molecule has 106 valence electrons. The van der Waals surface area contributed by atoms with Crippen molar-refractivity contribution in [2.24, 2.45) is 0 Å². The van der Waals surface area contributed by atoms with Crippen molar-refractivity contribution in [2.45, 2.75) is 6.04 Å². The molecule has 1 aromatic rings. The molecular formula is C13H14F2N4O. The second-order valence-corrected chi connectivity index (χ2v) is 4.49. The lowest BCUT2D eigenvalue weighted by Crippen LogP contribution is -2.52. The third-order valence-corrected chi connectivity index (χ3v) is 3.05. The number of amides is 1. The third kappa shape index (κ3) is 3.50. The number of piperazine rings is 1. The number of carbonyl (C=O) groups is 1. The lowest BCUT2D eigenvalue weighted by molar-refractivity contribution is -0.117. The van der Waals surface area contributed by atoms with Gasteiger partial charge in [-0.15, -0.1) is 0 Å². The summed E-state index contributed by atoms with van der Waals surface area (Å²) in [5, 5.41) is 14.3. The smallest absolute Gasteiger partial charge is 0.238 e. The van der Waals surface area contributed by atoms with E-state index < -0.39 is 23.6 Å². The van der Waals surface area contributed by atoms with Crippen LogP contribution in [0.1, 0.15) is 0 Å². The van der Waals surface area contributed by atoms with Crippen molar-refractivity contribution >= 4 is 11.6 Å². The topological polar surface area (TPSA) is 68.2 Å². The number of benzene rings is 1.